The van der Waals surface area contributed by atoms with Gasteiger partial charge in [-0.2, -0.15) is 0 Å². The van der Waals surface area contributed by atoms with E-state index in [9.17, 15) is 0 Å². The quantitative estimate of drug-likeness (QED) is 0.646. The van der Waals surface area contributed by atoms with Crippen LogP contribution >= 0.6 is 0 Å². The molecule has 1 N–H and O–H groups in total. The van der Waals surface area contributed by atoms with Gasteiger partial charge in [0.25, 0.3) is 0 Å². The normalized spacial score (nSPS) is 18.3. The Morgan fingerprint density at radius 2 is 1.53 bits per heavy atom. The van der Waals surface area contributed by atoms with Crippen LogP contribution in [0.5, 0.6) is 0 Å². The van der Waals surface area contributed by atoms with E-state index in [0.717, 1.165) is 12.6 Å². The number of rotatable bonds is 4. The summed E-state index contributed by atoms with van der Waals surface area (Å²) in [5.74, 6) is 0. The smallest absolute Gasteiger partial charge is 0.0775 e. The van der Waals surface area contributed by atoms with Gasteiger partial charge in [-0.1, -0.05) is 74.8 Å². The average Bonchev–Trinajstić information content (AvgIpc) is 2.64. The van der Waals surface area contributed by atoms with Gasteiger partial charge >= 0.3 is 0 Å². The highest BCUT2D eigenvalue weighted by Gasteiger charge is 2.16. The molecule has 0 unspecified atom stereocenters. The summed E-state index contributed by atoms with van der Waals surface area (Å²) in [4.78, 5) is 0. The zero-order valence-corrected chi connectivity index (χ0v) is 13.8. The molecule has 1 saturated carbocycles. The van der Waals surface area contributed by atoms with Gasteiger partial charge in [-0.05, 0) is 18.4 Å². The van der Waals surface area contributed by atoms with E-state index in [0.29, 0.717) is 0 Å². The second-order valence-corrected chi connectivity index (χ2v) is 12.1. The highest BCUT2D eigenvalue weighted by Crippen LogP contribution is 2.17. The molecule has 0 heterocycles. The van der Waals surface area contributed by atoms with E-state index in [1.54, 1.807) is 5.19 Å². The molecule has 19 heavy (non-hydrogen) atoms. The van der Waals surface area contributed by atoms with Crippen LogP contribution in [0, 0.1) is 0 Å². The lowest BCUT2D eigenvalue weighted by Crippen LogP contribution is -2.37. The highest BCUT2D eigenvalue weighted by atomic mass is 28.3. The number of nitrogens with one attached hydrogen (secondary N) is 1. The molecule has 1 aromatic rings. The van der Waals surface area contributed by atoms with E-state index >= 15 is 0 Å². The monoisotopic (exact) mass is 275 g/mol. The maximum atomic E-state index is 3.75. The van der Waals surface area contributed by atoms with Gasteiger partial charge in [0, 0.05) is 12.6 Å². The second kappa shape index (κ2) is 6.71. The van der Waals surface area contributed by atoms with Crippen molar-refractivity contribution < 1.29 is 0 Å². The fraction of sp³-hybridized carbons (Fsp3) is 0.647. The SMILES string of the molecule is C[Si](C)(C)c1ccc(CNC2CCCCCC2)cc1. The first-order chi connectivity index (χ1) is 9.05. The molecule has 0 atom stereocenters. The molecule has 1 aliphatic rings. The summed E-state index contributed by atoms with van der Waals surface area (Å²) >= 11 is 0. The molecule has 106 valence electrons. The third kappa shape index (κ3) is 4.77. The fourth-order valence-corrected chi connectivity index (χ4v) is 4.03. The Bertz CT molecular complexity index is 369. The summed E-state index contributed by atoms with van der Waals surface area (Å²) in [5, 5.41) is 5.31. The Kier molecular flexibility index (Phi) is 5.23. The van der Waals surface area contributed by atoms with Gasteiger partial charge < -0.3 is 5.32 Å². The fourth-order valence-electron chi connectivity index (χ4n) is 2.87. The van der Waals surface area contributed by atoms with Crippen molar-refractivity contribution in [3.05, 3.63) is 29.8 Å². The summed E-state index contributed by atoms with van der Waals surface area (Å²) in [6, 6.07) is 10.1. The van der Waals surface area contributed by atoms with Crippen LogP contribution in [-0.2, 0) is 6.54 Å². The molecule has 1 fully saturated rings. The van der Waals surface area contributed by atoms with Gasteiger partial charge in [0.15, 0.2) is 0 Å². The van der Waals surface area contributed by atoms with Gasteiger partial charge in [0.1, 0.15) is 0 Å². The second-order valence-electron chi connectivity index (χ2n) is 7.02. The van der Waals surface area contributed by atoms with Crippen molar-refractivity contribution in [3.63, 3.8) is 0 Å². The van der Waals surface area contributed by atoms with Crippen molar-refractivity contribution in [2.45, 2.75) is 70.8 Å². The van der Waals surface area contributed by atoms with E-state index < -0.39 is 8.07 Å². The van der Waals surface area contributed by atoms with Crippen molar-refractivity contribution in [2.75, 3.05) is 0 Å². The van der Waals surface area contributed by atoms with E-state index in [4.69, 9.17) is 0 Å². The molecular formula is C17H29NSi. The summed E-state index contributed by atoms with van der Waals surface area (Å²) < 4.78 is 0. The third-order valence-electron chi connectivity index (χ3n) is 4.27. The van der Waals surface area contributed by atoms with Crippen LogP contribution in [0.4, 0.5) is 0 Å². The van der Waals surface area contributed by atoms with Crippen LogP contribution < -0.4 is 10.5 Å². The first kappa shape index (κ1) is 14.8. The Morgan fingerprint density at radius 1 is 0.947 bits per heavy atom. The Hall–Kier alpha value is -0.603. The maximum Gasteiger partial charge on any atom is 0.0775 e. The molecule has 0 saturated heterocycles. The molecule has 0 bridgehead atoms. The van der Waals surface area contributed by atoms with Crippen molar-refractivity contribution in [1.82, 2.24) is 5.32 Å². The maximum absolute atomic E-state index is 3.75. The predicted molar refractivity (Wildman–Crippen MR) is 87.8 cm³/mol. The van der Waals surface area contributed by atoms with Crippen LogP contribution in [-0.4, -0.2) is 14.1 Å². The minimum atomic E-state index is -1.14. The van der Waals surface area contributed by atoms with Gasteiger partial charge in [-0.3, -0.25) is 0 Å². The van der Waals surface area contributed by atoms with Crippen molar-refractivity contribution in [2.24, 2.45) is 0 Å². The largest absolute Gasteiger partial charge is 0.310 e. The van der Waals surface area contributed by atoms with Gasteiger partial charge in [0.2, 0.25) is 0 Å². The van der Waals surface area contributed by atoms with E-state index in [-0.39, 0.29) is 0 Å². The molecule has 0 spiro atoms. The van der Waals surface area contributed by atoms with Gasteiger partial charge in [-0.25, -0.2) is 0 Å². The lowest BCUT2D eigenvalue weighted by Gasteiger charge is -2.18. The average molecular weight is 276 g/mol. The van der Waals surface area contributed by atoms with Gasteiger partial charge in [0.05, 0.1) is 8.07 Å². The first-order valence-corrected chi connectivity index (χ1v) is 11.4. The summed E-state index contributed by atoms with van der Waals surface area (Å²) in [6.45, 7) is 8.26. The third-order valence-corrected chi connectivity index (χ3v) is 6.34. The molecule has 1 aromatic carbocycles. The minimum Gasteiger partial charge on any atom is -0.310 e. The van der Waals surface area contributed by atoms with Crippen molar-refractivity contribution in [1.29, 1.82) is 0 Å². The molecule has 1 aliphatic carbocycles. The Morgan fingerprint density at radius 3 is 2.05 bits per heavy atom. The van der Waals surface area contributed by atoms with Crippen LogP contribution in [0.15, 0.2) is 24.3 Å². The standard InChI is InChI=1S/C17H29NSi/c1-19(2,3)17-12-10-15(11-13-17)14-18-16-8-6-4-5-7-9-16/h10-13,16,18H,4-9,14H2,1-3H3. The summed E-state index contributed by atoms with van der Waals surface area (Å²) in [6.07, 6.45) is 8.42. The van der Waals surface area contributed by atoms with Crippen LogP contribution in [0.3, 0.4) is 0 Å². The topological polar surface area (TPSA) is 12.0 Å². The lowest BCUT2D eigenvalue weighted by atomic mass is 10.1. The van der Waals surface area contributed by atoms with Gasteiger partial charge in [-0.15, -0.1) is 0 Å². The number of hydrogen-bond donors (Lipinski definition) is 1. The molecule has 0 aromatic heterocycles. The Balaban J connectivity index is 1.85. The van der Waals surface area contributed by atoms with Crippen molar-refractivity contribution in [3.8, 4) is 0 Å². The zero-order valence-electron chi connectivity index (χ0n) is 12.8. The van der Waals surface area contributed by atoms with Crippen LogP contribution in [0.2, 0.25) is 19.6 Å². The van der Waals surface area contributed by atoms with E-state index in [1.807, 2.05) is 0 Å². The van der Waals surface area contributed by atoms with Crippen LogP contribution in [0.25, 0.3) is 0 Å². The molecular weight excluding hydrogens is 246 g/mol. The summed E-state index contributed by atoms with van der Waals surface area (Å²) in [5.41, 5.74) is 1.44. The molecule has 0 amide bonds. The van der Waals surface area contributed by atoms with E-state index in [2.05, 4.69) is 49.2 Å². The molecule has 2 rings (SSSR count). The number of hydrogen-bond acceptors (Lipinski definition) is 1. The predicted octanol–water partition coefficient (Wildman–Crippen LogP) is 4.04. The minimum absolute atomic E-state index is 0.749. The highest BCUT2D eigenvalue weighted by molar-refractivity contribution is 6.88. The zero-order chi connectivity index (χ0) is 13.7. The molecule has 0 radical (unpaired) electrons. The van der Waals surface area contributed by atoms with E-state index in [1.165, 1.54) is 44.1 Å². The molecule has 1 nitrogen and oxygen atoms in total. The van der Waals surface area contributed by atoms with Crippen molar-refractivity contribution >= 4 is 13.3 Å². The Labute approximate surface area is 119 Å². The number of benzene rings is 1. The molecule has 0 aliphatic heterocycles. The summed E-state index contributed by atoms with van der Waals surface area (Å²) in [7, 11) is -1.14. The first-order valence-electron chi connectivity index (χ1n) is 7.88. The lowest BCUT2D eigenvalue weighted by molar-refractivity contribution is 0.459. The molecule has 2 heteroatoms. The van der Waals surface area contributed by atoms with Crippen LogP contribution in [0.1, 0.15) is 44.1 Å².